The lowest BCUT2D eigenvalue weighted by Gasteiger charge is -2.47. The molecule has 0 bridgehead atoms. The van der Waals surface area contributed by atoms with Crippen LogP contribution >= 0.6 is 9.24 Å². The fourth-order valence-corrected chi connectivity index (χ4v) is 3.01. The highest BCUT2D eigenvalue weighted by Gasteiger charge is 2.49. The molecular formula is C13H25N4O7P. The van der Waals surface area contributed by atoms with E-state index in [1.165, 1.54) is 0 Å². The quantitative estimate of drug-likeness (QED) is 0.149. The van der Waals surface area contributed by atoms with Gasteiger partial charge in [-0.05, 0) is 19.4 Å². The Kier molecular flexibility index (Phi) is 8.46. The molecule has 1 rings (SSSR count). The Hall–Kier alpha value is -1.03. The number of carbonyl (C=O) groups excluding carboxylic acids is 1. The number of ether oxygens (including phenoxy) is 2. The largest absolute Gasteiger partial charge is 0.394 e. The van der Waals surface area contributed by atoms with Crippen LogP contribution in [0.15, 0.2) is 5.11 Å². The molecule has 1 aliphatic heterocycles. The topological polar surface area (TPSA) is 177 Å². The number of azide groups is 1. The van der Waals surface area contributed by atoms with Crippen molar-refractivity contribution in [2.45, 2.75) is 62.4 Å². The molecule has 0 aromatic rings. The Bertz CT molecular complexity index is 505. The van der Waals surface area contributed by atoms with Crippen molar-refractivity contribution in [3.8, 4) is 0 Å². The zero-order valence-electron chi connectivity index (χ0n) is 14.0. The molecule has 1 aliphatic rings. The van der Waals surface area contributed by atoms with Crippen molar-refractivity contribution in [3.63, 3.8) is 0 Å². The summed E-state index contributed by atoms with van der Waals surface area (Å²) in [6, 6.07) is -1.10. The second-order valence-electron chi connectivity index (χ2n) is 6.03. The van der Waals surface area contributed by atoms with E-state index in [2.05, 4.69) is 24.6 Å². The number of nitrogens with zero attached hydrogens (tertiary/aromatic N) is 3. The van der Waals surface area contributed by atoms with Gasteiger partial charge in [0.15, 0.2) is 5.79 Å². The van der Waals surface area contributed by atoms with Gasteiger partial charge in [0.05, 0.1) is 24.6 Å². The van der Waals surface area contributed by atoms with Gasteiger partial charge >= 0.3 is 0 Å². The number of amides is 1. The summed E-state index contributed by atoms with van der Waals surface area (Å²) in [7, 11) is 2.40. The van der Waals surface area contributed by atoms with Gasteiger partial charge in [-0.25, -0.2) is 0 Å². The average Bonchev–Trinajstić information content (AvgIpc) is 2.52. The lowest BCUT2D eigenvalue weighted by molar-refractivity contribution is -0.314. The highest BCUT2D eigenvalue weighted by atomic mass is 31.0. The average molecular weight is 380 g/mol. The first-order chi connectivity index (χ1) is 11.6. The van der Waals surface area contributed by atoms with Gasteiger partial charge in [0.25, 0.3) is 0 Å². The van der Waals surface area contributed by atoms with Crippen LogP contribution in [-0.2, 0) is 14.3 Å². The summed E-state index contributed by atoms with van der Waals surface area (Å²) in [4.78, 5) is 14.3. The third-order valence-electron chi connectivity index (χ3n) is 3.69. The number of hydrogen-bond acceptors (Lipinski definition) is 8. The van der Waals surface area contributed by atoms with Crippen LogP contribution < -0.4 is 5.32 Å². The summed E-state index contributed by atoms with van der Waals surface area (Å²) in [5.74, 6) is -2.30. The lowest BCUT2D eigenvalue weighted by Crippen LogP contribution is -2.66. The third-order valence-corrected chi connectivity index (χ3v) is 3.83. The van der Waals surface area contributed by atoms with Gasteiger partial charge < -0.3 is 35.2 Å². The maximum absolute atomic E-state index is 11.8. The maximum Gasteiger partial charge on any atom is 0.226 e. The minimum absolute atomic E-state index is 0.0172. The predicted octanol–water partition coefficient (Wildman–Crippen LogP) is -1.40. The molecule has 25 heavy (non-hydrogen) atoms. The SMILES string of the molecule is CC(P)OC1(C)CC(O)C(NC(=O)CN=[N+]=[N-])C(C(O)C(O)CO)O1. The molecule has 1 saturated heterocycles. The first-order valence-corrected chi connectivity index (χ1v) is 8.36. The van der Waals surface area contributed by atoms with Crippen molar-refractivity contribution >= 4 is 15.1 Å². The van der Waals surface area contributed by atoms with Crippen molar-refractivity contribution in [2.24, 2.45) is 5.11 Å². The molecule has 0 aromatic carbocycles. The zero-order chi connectivity index (χ0) is 19.2. The predicted molar refractivity (Wildman–Crippen MR) is 89.2 cm³/mol. The van der Waals surface area contributed by atoms with Crippen LogP contribution in [0, 0.1) is 0 Å². The van der Waals surface area contributed by atoms with Crippen LogP contribution in [0.1, 0.15) is 20.3 Å². The first-order valence-electron chi connectivity index (χ1n) is 7.70. The van der Waals surface area contributed by atoms with Crippen LogP contribution in [0.3, 0.4) is 0 Å². The van der Waals surface area contributed by atoms with E-state index in [1.54, 1.807) is 13.8 Å². The Morgan fingerprint density at radius 1 is 1.60 bits per heavy atom. The maximum atomic E-state index is 11.8. The van der Waals surface area contributed by atoms with E-state index < -0.39 is 55.3 Å². The van der Waals surface area contributed by atoms with Crippen LogP contribution in [0.25, 0.3) is 10.4 Å². The summed E-state index contributed by atoms with van der Waals surface area (Å²) >= 11 is 0. The zero-order valence-corrected chi connectivity index (χ0v) is 15.2. The summed E-state index contributed by atoms with van der Waals surface area (Å²) in [5, 5.41) is 45.0. The molecule has 1 heterocycles. The van der Waals surface area contributed by atoms with Gasteiger partial charge in [-0.3, -0.25) is 4.79 Å². The molecule has 144 valence electrons. The molecule has 0 radical (unpaired) electrons. The molecule has 0 saturated carbocycles. The molecule has 1 fully saturated rings. The fourth-order valence-electron chi connectivity index (χ4n) is 2.72. The summed E-state index contributed by atoms with van der Waals surface area (Å²) in [5.41, 5.74) is 8.26. The number of nitrogens with one attached hydrogen (secondary N) is 1. The smallest absolute Gasteiger partial charge is 0.226 e. The molecular weight excluding hydrogens is 355 g/mol. The lowest BCUT2D eigenvalue weighted by atomic mass is 9.89. The van der Waals surface area contributed by atoms with Crippen LogP contribution in [0.2, 0.25) is 0 Å². The molecule has 1 amide bonds. The highest BCUT2D eigenvalue weighted by Crippen LogP contribution is 2.34. The van der Waals surface area contributed by atoms with Crippen LogP contribution in [0.4, 0.5) is 0 Å². The second kappa shape index (κ2) is 9.61. The van der Waals surface area contributed by atoms with Crippen molar-refractivity contribution < 1.29 is 34.7 Å². The second-order valence-corrected chi connectivity index (χ2v) is 6.97. The molecule has 0 spiro atoms. The normalized spacial score (nSPS) is 33.0. The van der Waals surface area contributed by atoms with E-state index >= 15 is 0 Å². The van der Waals surface area contributed by atoms with Crippen molar-refractivity contribution in [1.82, 2.24) is 5.32 Å². The molecule has 8 atom stereocenters. The van der Waals surface area contributed by atoms with Gasteiger partial charge in [-0.1, -0.05) is 5.11 Å². The van der Waals surface area contributed by atoms with E-state index in [0.29, 0.717) is 0 Å². The number of carbonyl (C=O) groups is 1. The van der Waals surface area contributed by atoms with Crippen molar-refractivity contribution in [2.75, 3.05) is 13.2 Å². The molecule has 11 nitrogen and oxygen atoms in total. The van der Waals surface area contributed by atoms with E-state index in [9.17, 15) is 20.1 Å². The molecule has 0 aliphatic carbocycles. The molecule has 0 aromatic heterocycles. The van der Waals surface area contributed by atoms with Crippen molar-refractivity contribution in [1.29, 1.82) is 0 Å². The highest BCUT2D eigenvalue weighted by molar-refractivity contribution is 7.17. The fraction of sp³-hybridized carbons (Fsp3) is 0.923. The number of hydrogen-bond donors (Lipinski definition) is 5. The first kappa shape index (κ1) is 22.0. The van der Waals surface area contributed by atoms with Gasteiger partial charge in [-0.2, -0.15) is 0 Å². The van der Waals surface area contributed by atoms with Gasteiger partial charge in [0.1, 0.15) is 24.9 Å². The summed E-state index contributed by atoms with van der Waals surface area (Å²) in [6.45, 7) is 2.04. The Labute approximate surface area is 147 Å². The van der Waals surface area contributed by atoms with Crippen LogP contribution in [-0.4, -0.2) is 81.6 Å². The van der Waals surface area contributed by atoms with E-state index in [4.69, 9.17) is 20.1 Å². The van der Waals surface area contributed by atoms with E-state index in [1.807, 2.05) is 0 Å². The van der Waals surface area contributed by atoms with Gasteiger partial charge in [0.2, 0.25) is 5.91 Å². The minimum Gasteiger partial charge on any atom is -0.394 e. The Morgan fingerprint density at radius 2 is 2.24 bits per heavy atom. The summed E-state index contributed by atoms with van der Waals surface area (Å²) in [6.07, 6.45) is -5.62. The van der Waals surface area contributed by atoms with Gasteiger partial charge in [-0.15, -0.1) is 9.24 Å². The number of aliphatic hydroxyl groups is 4. The molecule has 8 unspecified atom stereocenters. The number of rotatable bonds is 8. The Balaban J connectivity index is 3.02. The van der Waals surface area contributed by atoms with Crippen molar-refractivity contribution in [3.05, 3.63) is 10.4 Å². The van der Waals surface area contributed by atoms with Gasteiger partial charge in [0, 0.05) is 11.3 Å². The third kappa shape index (κ3) is 6.32. The molecule has 5 N–H and O–H groups in total. The van der Waals surface area contributed by atoms with Crippen LogP contribution in [0.5, 0.6) is 0 Å². The standard InChI is InChI=1S/C13H25N4O7P/c1-6(25)23-13(2)3-7(19)10(16-9(21)4-15-17-14)12(24-13)11(22)8(20)5-18/h6-8,10-12,18-20,22H,3-5,25H2,1-2H3,(H,16,21). The summed E-state index contributed by atoms with van der Waals surface area (Å²) < 4.78 is 11.3. The van der Waals surface area contributed by atoms with E-state index in [-0.39, 0.29) is 12.3 Å². The Morgan fingerprint density at radius 3 is 2.76 bits per heavy atom. The minimum atomic E-state index is -1.60. The van der Waals surface area contributed by atoms with E-state index in [0.717, 1.165) is 0 Å². The number of aliphatic hydroxyl groups excluding tert-OH is 4. The monoisotopic (exact) mass is 380 g/mol. The molecule has 12 heteroatoms.